The molecule has 1 atom stereocenters. The maximum atomic E-state index is 12.5. The van der Waals surface area contributed by atoms with E-state index in [9.17, 15) is 14.7 Å². The minimum absolute atomic E-state index is 0.214. The zero-order chi connectivity index (χ0) is 18.7. The van der Waals surface area contributed by atoms with Crippen molar-refractivity contribution in [3.05, 3.63) is 68.9 Å². The molecule has 3 N–H and O–H groups in total. The molecule has 26 heavy (non-hydrogen) atoms. The van der Waals surface area contributed by atoms with Crippen LogP contribution in [-0.4, -0.2) is 32.2 Å². The van der Waals surface area contributed by atoms with Gasteiger partial charge < -0.3 is 10.4 Å². The average Bonchev–Trinajstić information content (AvgIpc) is 3.20. The fraction of sp³-hybridized carbons (Fsp3) is 0.222. The van der Waals surface area contributed by atoms with E-state index in [4.69, 9.17) is 0 Å². The molecule has 0 radical (unpaired) electrons. The number of rotatable bonds is 6. The van der Waals surface area contributed by atoms with E-state index >= 15 is 0 Å². The van der Waals surface area contributed by atoms with Crippen molar-refractivity contribution in [2.24, 2.45) is 0 Å². The summed E-state index contributed by atoms with van der Waals surface area (Å²) in [5, 5.41) is 21.2. The van der Waals surface area contributed by atoms with Crippen LogP contribution >= 0.6 is 11.3 Å². The van der Waals surface area contributed by atoms with Gasteiger partial charge in [-0.05, 0) is 19.4 Å². The molecule has 3 rings (SSSR count). The molecule has 0 bridgehead atoms. The summed E-state index contributed by atoms with van der Waals surface area (Å²) in [6.07, 6.45) is 0.626. The SMILES string of the molecule is Cc1n[nH]c(C)c1[C@H](NC(=O)c1csc(Cc2ccccc2)n1)C(=O)O. The normalized spacial score (nSPS) is 11.9. The minimum atomic E-state index is -1.18. The second-order valence-electron chi connectivity index (χ2n) is 5.88. The number of benzene rings is 1. The molecule has 0 spiro atoms. The largest absolute Gasteiger partial charge is 0.479 e. The Labute approximate surface area is 154 Å². The van der Waals surface area contributed by atoms with Gasteiger partial charge in [0.25, 0.3) is 5.91 Å². The van der Waals surface area contributed by atoms with Crippen LogP contribution in [0.15, 0.2) is 35.7 Å². The van der Waals surface area contributed by atoms with Crippen LogP contribution in [0.4, 0.5) is 0 Å². The summed E-state index contributed by atoms with van der Waals surface area (Å²) in [5.74, 6) is -1.67. The molecular formula is C18H18N4O3S. The van der Waals surface area contributed by atoms with Gasteiger partial charge in [0, 0.05) is 23.1 Å². The molecule has 0 saturated carbocycles. The van der Waals surface area contributed by atoms with E-state index in [2.05, 4.69) is 20.5 Å². The molecule has 7 nitrogen and oxygen atoms in total. The maximum absolute atomic E-state index is 12.5. The number of aryl methyl sites for hydroxylation is 2. The molecule has 3 aromatic rings. The number of aromatic amines is 1. The summed E-state index contributed by atoms with van der Waals surface area (Å²) in [4.78, 5) is 28.5. The molecule has 2 aromatic heterocycles. The van der Waals surface area contributed by atoms with Gasteiger partial charge in [0.1, 0.15) is 5.69 Å². The highest BCUT2D eigenvalue weighted by Gasteiger charge is 2.28. The van der Waals surface area contributed by atoms with Gasteiger partial charge in [-0.3, -0.25) is 9.89 Å². The number of H-pyrrole nitrogens is 1. The Morgan fingerprint density at radius 2 is 2.00 bits per heavy atom. The number of thiazole rings is 1. The van der Waals surface area contributed by atoms with E-state index in [1.54, 1.807) is 19.2 Å². The first kappa shape index (κ1) is 17.8. The van der Waals surface area contributed by atoms with E-state index in [0.717, 1.165) is 10.6 Å². The van der Waals surface area contributed by atoms with Crippen molar-refractivity contribution in [2.75, 3.05) is 0 Å². The molecule has 8 heteroatoms. The first-order valence-corrected chi connectivity index (χ1v) is 8.87. The molecule has 0 unspecified atom stereocenters. The standard InChI is InChI=1S/C18H18N4O3S/c1-10-15(11(2)22-21-10)16(18(24)25)20-17(23)13-9-26-14(19-13)8-12-6-4-3-5-7-12/h3-7,9,16H,8H2,1-2H3,(H,20,23)(H,21,22)(H,24,25)/t16-/m0/s1. The number of aromatic nitrogens is 3. The lowest BCUT2D eigenvalue weighted by molar-refractivity contribution is -0.139. The number of nitrogens with one attached hydrogen (secondary N) is 2. The summed E-state index contributed by atoms with van der Waals surface area (Å²) in [5.41, 5.74) is 2.93. The molecule has 134 valence electrons. The van der Waals surface area contributed by atoms with Crippen LogP contribution < -0.4 is 5.32 Å². The van der Waals surface area contributed by atoms with E-state index in [-0.39, 0.29) is 5.69 Å². The number of amides is 1. The van der Waals surface area contributed by atoms with Crippen LogP contribution in [0.3, 0.4) is 0 Å². The topological polar surface area (TPSA) is 108 Å². The monoisotopic (exact) mass is 370 g/mol. The summed E-state index contributed by atoms with van der Waals surface area (Å²) in [6, 6.07) is 8.64. The van der Waals surface area contributed by atoms with Gasteiger partial charge in [-0.2, -0.15) is 5.10 Å². The molecule has 0 aliphatic heterocycles. The van der Waals surface area contributed by atoms with Crippen LogP contribution in [0.5, 0.6) is 0 Å². The number of carboxylic acid groups (broad SMARTS) is 1. The van der Waals surface area contributed by atoms with E-state index < -0.39 is 17.9 Å². The lowest BCUT2D eigenvalue weighted by atomic mass is 10.0. The van der Waals surface area contributed by atoms with Gasteiger partial charge in [-0.25, -0.2) is 9.78 Å². The van der Waals surface area contributed by atoms with Gasteiger partial charge in [-0.15, -0.1) is 11.3 Å². The van der Waals surface area contributed by atoms with Crippen molar-refractivity contribution in [2.45, 2.75) is 26.3 Å². The summed E-state index contributed by atoms with van der Waals surface area (Å²) in [6.45, 7) is 3.42. The molecule has 1 amide bonds. The number of hydrogen-bond donors (Lipinski definition) is 3. The summed E-state index contributed by atoms with van der Waals surface area (Å²) < 4.78 is 0. The van der Waals surface area contributed by atoms with Gasteiger partial charge in [0.15, 0.2) is 6.04 Å². The first-order valence-electron chi connectivity index (χ1n) is 7.99. The second kappa shape index (κ2) is 7.49. The van der Waals surface area contributed by atoms with E-state index in [1.807, 2.05) is 30.3 Å². The summed E-state index contributed by atoms with van der Waals surface area (Å²) >= 11 is 1.37. The number of aliphatic carboxylic acids is 1. The highest BCUT2D eigenvalue weighted by atomic mass is 32.1. The maximum Gasteiger partial charge on any atom is 0.331 e. The Bertz CT molecular complexity index is 914. The van der Waals surface area contributed by atoms with Crippen LogP contribution in [0.1, 0.15) is 44.1 Å². The molecule has 1 aromatic carbocycles. The fourth-order valence-electron chi connectivity index (χ4n) is 2.71. The van der Waals surface area contributed by atoms with E-state index in [1.165, 1.54) is 11.3 Å². The van der Waals surface area contributed by atoms with E-state index in [0.29, 0.717) is 23.4 Å². The van der Waals surface area contributed by atoms with Crippen molar-refractivity contribution in [1.29, 1.82) is 0 Å². The quantitative estimate of drug-likeness (QED) is 0.618. The highest BCUT2D eigenvalue weighted by molar-refractivity contribution is 7.09. The number of carbonyl (C=O) groups excluding carboxylic acids is 1. The highest BCUT2D eigenvalue weighted by Crippen LogP contribution is 2.21. The first-order chi connectivity index (χ1) is 12.5. The average molecular weight is 370 g/mol. The smallest absolute Gasteiger partial charge is 0.331 e. The van der Waals surface area contributed by atoms with Crippen molar-refractivity contribution in [1.82, 2.24) is 20.5 Å². The lowest BCUT2D eigenvalue weighted by Gasteiger charge is -2.14. The number of nitrogens with zero attached hydrogens (tertiary/aromatic N) is 2. The second-order valence-corrected chi connectivity index (χ2v) is 6.82. The van der Waals surface area contributed by atoms with Crippen molar-refractivity contribution in [3.63, 3.8) is 0 Å². The molecule has 2 heterocycles. The van der Waals surface area contributed by atoms with Crippen LogP contribution in [0.2, 0.25) is 0 Å². The number of carbonyl (C=O) groups is 2. The third kappa shape index (κ3) is 3.80. The van der Waals surface area contributed by atoms with Crippen molar-refractivity contribution in [3.8, 4) is 0 Å². The predicted octanol–water partition coefficient (Wildman–Crippen LogP) is 2.63. The molecule has 0 saturated heterocycles. The minimum Gasteiger partial charge on any atom is -0.479 e. The van der Waals surface area contributed by atoms with Crippen LogP contribution in [0, 0.1) is 13.8 Å². The zero-order valence-electron chi connectivity index (χ0n) is 14.3. The Hall–Kier alpha value is -3.00. The molecule has 0 aliphatic carbocycles. The van der Waals surface area contributed by atoms with Gasteiger partial charge in [0.05, 0.1) is 10.7 Å². The van der Waals surface area contributed by atoms with Crippen molar-refractivity contribution < 1.29 is 14.7 Å². The predicted molar refractivity (Wildman–Crippen MR) is 97.3 cm³/mol. The van der Waals surface area contributed by atoms with Crippen molar-refractivity contribution >= 4 is 23.2 Å². The third-order valence-corrected chi connectivity index (χ3v) is 4.83. The number of carboxylic acids is 1. The Kier molecular flexibility index (Phi) is 5.13. The molecule has 0 aliphatic rings. The van der Waals surface area contributed by atoms with Gasteiger partial charge >= 0.3 is 5.97 Å². The summed E-state index contributed by atoms with van der Waals surface area (Å²) in [7, 11) is 0. The molecular weight excluding hydrogens is 352 g/mol. The lowest BCUT2D eigenvalue weighted by Crippen LogP contribution is -2.34. The van der Waals surface area contributed by atoms with Crippen LogP contribution in [0.25, 0.3) is 0 Å². The third-order valence-electron chi connectivity index (χ3n) is 3.98. The Balaban J connectivity index is 1.76. The van der Waals surface area contributed by atoms with Gasteiger partial charge in [-0.1, -0.05) is 30.3 Å². The fourth-order valence-corrected chi connectivity index (χ4v) is 3.52. The number of hydrogen-bond acceptors (Lipinski definition) is 5. The Morgan fingerprint density at radius 3 is 2.62 bits per heavy atom. The molecule has 0 fully saturated rings. The Morgan fingerprint density at radius 1 is 1.27 bits per heavy atom. The zero-order valence-corrected chi connectivity index (χ0v) is 15.1. The van der Waals surface area contributed by atoms with Gasteiger partial charge in [0.2, 0.25) is 0 Å². The van der Waals surface area contributed by atoms with Crippen LogP contribution in [-0.2, 0) is 11.2 Å².